The van der Waals surface area contributed by atoms with Gasteiger partial charge in [0.05, 0.1) is 6.61 Å². The minimum Gasteiger partial charge on any atom is -0.508 e. The first-order chi connectivity index (χ1) is 7.13. The van der Waals surface area contributed by atoms with Crippen molar-refractivity contribution >= 4 is 5.97 Å². The van der Waals surface area contributed by atoms with Gasteiger partial charge in [-0.05, 0) is 19.1 Å². The van der Waals surface area contributed by atoms with Crippen LogP contribution in [0.4, 0.5) is 4.39 Å². The molecule has 0 spiro atoms. The maximum atomic E-state index is 13.0. The van der Waals surface area contributed by atoms with Gasteiger partial charge in [-0.15, -0.1) is 0 Å². The van der Waals surface area contributed by atoms with E-state index in [9.17, 15) is 9.18 Å². The zero-order chi connectivity index (χ0) is 11.3. The molecule has 1 rings (SSSR count). The zero-order valence-corrected chi connectivity index (χ0v) is 8.20. The van der Waals surface area contributed by atoms with Gasteiger partial charge in [-0.1, -0.05) is 0 Å². The monoisotopic (exact) mass is 214 g/mol. The van der Waals surface area contributed by atoms with Crippen LogP contribution in [0.2, 0.25) is 0 Å². The number of hydrogen-bond acceptors (Lipinski definition) is 4. The van der Waals surface area contributed by atoms with Gasteiger partial charge >= 0.3 is 5.97 Å². The van der Waals surface area contributed by atoms with E-state index < -0.39 is 11.8 Å². The summed E-state index contributed by atoms with van der Waals surface area (Å²) in [6, 6.07) is 3.41. The highest BCUT2D eigenvalue weighted by Gasteiger charge is 2.07. The Morgan fingerprint density at radius 2 is 2.27 bits per heavy atom. The van der Waals surface area contributed by atoms with Gasteiger partial charge < -0.3 is 14.6 Å². The first-order valence-electron chi connectivity index (χ1n) is 4.40. The largest absolute Gasteiger partial charge is 0.508 e. The quantitative estimate of drug-likeness (QED) is 0.771. The maximum absolute atomic E-state index is 13.0. The van der Waals surface area contributed by atoms with Crippen molar-refractivity contribution in [3.8, 4) is 11.5 Å². The molecule has 0 heterocycles. The van der Waals surface area contributed by atoms with E-state index in [1.165, 1.54) is 12.1 Å². The van der Waals surface area contributed by atoms with Crippen LogP contribution >= 0.6 is 0 Å². The van der Waals surface area contributed by atoms with Crippen LogP contribution in [0, 0.1) is 5.82 Å². The second kappa shape index (κ2) is 5.19. The Bertz CT molecular complexity index is 351. The van der Waals surface area contributed by atoms with Gasteiger partial charge in [0.25, 0.3) is 0 Å². The lowest BCUT2D eigenvalue weighted by Gasteiger charge is -2.06. The van der Waals surface area contributed by atoms with Crippen LogP contribution in [0.1, 0.15) is 6.92 Å². The summed E-state index contributed by atoms with van der Waals surface area (Å²) in [4.78, 5) is 10.9. The number of carbonyl (C=O) groups is 1. The molecule has 1 aromatic carbocycles. The lowest BCUT2D eigenvalue weighted by atomic mass is 10.3. The molecular formula is C10H11FO4. The van der Waals surface area contributed by atoms with Gasteiger partial charge in [0, 0.05) is 6.07 Å². The SMILES string of the molecule is CCOC(=O)COc1ccc(O)cc1F. The van der Waals surface area contributed by atoms with Crippen molar-refractivity contribution in [1.82, 2.24) is 0 Å². The molecule has 0 unspecified atom stereocenters. The Morgan fingerprint density at radius 1 is 1.53 bits per heavy atom. The van der Waals surface area contributed by atoms with Crippen molar-refractivity contribution in [2.45, 2.75) is 6.92 Å². The minimum absolute atomic E-state index is 0.0964. The van der Waals surface area contributed by atoms with Crippen molar-refractivity contribution in [3.63, 3.8) is 0 Å². The molecule has 1 N–H and O–H groups in total. The van der Waals surface area contributed by atoms with Crippen molar-refractivity contribution in [2.24, 2.45) is 0 Å². The molecule has 82 valence electrons. The number of carbonyl (C=O) groups excluding carboxylic acids is 1. The molecule has 0 fully saturated rings. The molecule has 0 saturated carbocycles. The Hall–Kier alpha value is -1.78. The Kier molecular flexibility index (Phi) is 3.91. The highest BCUT2D eigenvalue weighted by atomic mass is 19.1. The van der Waals surface area contributed by atoms with Crippen LogP contribution in [-0.4, -0.2) is 24.3 Å². The molecule has 0 amide bonds. The normalized spacial score (nSPS) is 9.73. The van der Waals surface area contributed by atoms with Gasteiger partial charge in [0.1, 0.15) is 5.75 Å². The summed E-state index contributed by atoms with van der Waals surface area (Å²) >= 11 is 0. The third-order valence-corrected chi connectivity index (χ3v) is 1.57. The lowest BCUT2D eigenvalue weighted by molar-refractivity contribution is -0.145. The Balaban J connectivity index is 2.54. The summed E-state index contributed by atoms with van der Waals surface area (Å²) < 4.78 is 22.5. The molecule has 4 nitrogen and oxygen atoms in total. The number of phenolic OH excluding ortho intramolecular Hbond substituents is 1. The first kappa shape index (κ1) is 11.3. The molecular weight excluding hydrogens is 203 g/mol. The molecule has 0 aliphatic heterocycles. The van der Waals surface area contributed by atoms with E-state index in [1.807, 2.05) is 0 Å². The summed E-state index contributed by atoms with van der Waals surface area (Å²) in [5.41, 5.74) is 0. The van der Waals surface area contributed by atoms with Crippen LogP contribution in [0.15, 0.2) is 18.2 Å². The summed E-state index contributed by atoms with van der Waals surface area (Å²) in [7, 11) is 0. The number of ether oxygens (including phenoxy) is 2. The van der Waals surface area contributed by atoms with E-state index in [1.54, 1.807) is 6.92 Å². The molecule has 0 atom stereocenters. The number of hydrogen-bond donors (Lipinski definition) is 1. The Labute approximate surface area is 86.2 Å². The molecule has 0 aliphatic carbocycles. The van der Waals surface area contributed by atoms with E-state index in [0.29, 0.717) is 0 Å². The van der Waals surface area contributed by atoms with Crippen LogP contribution in [-0.2, 0) is 9.53 Å². The van der Waals surface area contributed by atoms with Crippen molar-refractivity contribution < 1.29 is 23.8 Å². The predicted molar refractivity (Wildman–Crippen MR) is 50.2 cm³/mol. The molecule has 1 aromatic rings. The predicted octanol–water partition coefficient (Wildman–Crippen LogP) is 1.47. The van der Waals surface area contributed by atoms with Gasteiger partial charge in [0.2, 0.25) is 0 Å². The highest BCUT2D eigenvalue weighted by molar-refractivity contribution is 5.71. The molecule has 0 radical (unpaired) electrons. The van der Waals surface area contributed by atoms with Crippen LogP contribution in [0.3, 0.4) is 0 Å². The van der Waals surface area contributed by atoms with Gasteiger partial charge in [-0.3, -0.25) is 0 Å². The second-order valence-corrected chi connectivity index (χ2v) is 2.71. The maximum Gasteiger partial charge on any atom is 0.344 e. The van der Waals surface area contributed by atoms with Crippen molar-refractivity contribution in [1.29, 1.82) is 0 Å². The molecule has 15 heavy (non-hydrogen) atoms. The van der Waals surface area contributed by atoms with Gasteiger partial charge in [-0.2, -0.15) is 0 Å². The minimum atomic E-state index is -0.723. The molecule has 0 saturated heterocycles. The van der Waals surface area contributed by atoms with E-state index in [4.69, 9.17) is 9.84 Å². The number of phenols is 1. The molecule has 0 bridgehead atoms. The molecule has 0 aromatic heterocycles. The third kappa shape index (κ3) is 3.46. The Morgan fingerprint density at radius 3 is 2.87 bits per heavy atom. The number of aromatic hydroxyl groups is 1. The van der Waals surface area contributed by atoms with Gasteiger partial charge in [-0.25, -0.2) is 9.18 Å². The summed E-state index contributed by atoms with van der Waals surface area (Å²) in [6.07, 6.45) is 0. The topological polar surface area (TPSA) is 55.8 Å². The van der Waals surface area contributed by atoms with Crippen molar-refractivity contribution in [2.75, 3.05) is 13.2 Å². The molecule has 5 heteroatoms. The average molecular weight is 214 g/mol. The molecule has 0 aliphatic rings. The average Bonchev–Trinajstić information content (AvgIpc) is 2.17. The fourth-order valence-electron chi connectivity index (χ4n) is 0.946. The summed E-state index contributed by atoms with van der Waals surface area (Å²) in [5, 5.41) is 8.91. The highest BCUT2D eigenvalue weighted by Crippen LogP contribution is 2.21. The number of rotatable bonds is 4. The van der Waals surface area contributed by atoms with Crippen LogP contribution < -0.4 is 4.74 Å². The lowest BCUT2D eigenvalue weighted by Crippen LogP contribution is -2.14. The van der Waals surface area contributed by atoms with E-state index in [-0.39, 0.29) is 24.7 Å². The summed E-state index contributed by atoms with van der Waals surface area (Å²) in [5.74, 6) is -1.58. The van der Waals surface area contributed by atoms with Crippen LogP contribution in [0.25, 0.3) is 0 Å². The standard InChI is InChI=1S/C10H11FO4/c1-2-14-10(13)6-15-9-4-3-7(12)5-8(9)11/h3-5,12H,2,6H2,1H3. The fraction of sp³-hybridized carbons (Fsp3) is 0.300. The van der Waals surface area contributed by atoms with E-state index >= 15 is 0 Å². The zero-order valence-electron chi connectivity index (χ0n) is 8.20. The second-order valence-electron chi connectivity index (χ2n) is 2.71. The van der Waals surface area contributed by atoms with E-state index in [2.05, 4.69) is 4.74 Å². The number of halogens is 1. The van der Waals surface area contributed by atoms with Crippen molar-refractivity contribution in [3.05, 3.63) is 24.0 Å². The first-order valence-corrected chi connectivity index (χ1v) is 4.40. The fourth-order valence-corrected chi connectivity index (χ4v) is 0.946. The smallest absolute Gasteiger partial charge is 0.344 e. The number of esters is 1. The van der Waals surface area contributed by atoms with Gasteiger partial charge in [0.15, 0.2) is 18.2 Å². The van der Waals surface area contributed by atoms with Crippen LogP contribution in [0.5, 0.6) is 11.5 Å². The summed E-state index contributed by atoms with van der Waals surface area (Å²) in [6.45, 7) is 1.56. The third-order valence-electron chi connectivity index (χ3n) is 1.57. The van der Waals surface area contributed by atoms with E-state index in [0.717, 1.165) is 6.07 Å². The number of benzene rings is 1.